The van der Waals surface area contributed by atoms with Gasteiger partial charge in [-0.2, -0.15) is 0 Å². The van der Waals surface area contributed by atoms with Crippen LogP contribution in [-0.4, -0.2) is 25.2 Å². The van der Waals surface area contributed by atoms with Crippen LogP contribution in [0.2, 0.25) is 0 Å². The monoisotopic (exact) mass is 242 g/mol. The van der Waals surface area contributed by atoms with Gasteiger partial charge in [0.25, 0.3) is 0 Å². The van der Waals surface area contributed by atoms with Gasteiger partial charge in [-0.15, -0.1) is 6.58 Å². The number of hydrogen-bond donors (Lipinski definition) is 0. The smallest absolute Gasteiger partial charge is 0.306 e. The van der Waals surface area contributed by atoms with Crippen LogP contribution >= 0.6 is 0 Å². The maximum Gasteiger partial charge on any atom is 0.306 e. The Morgan fingerprint density at radius 2 is 1.59 bits per heavy atom. The van der Waals surface area contributed by atoms with Gasteiger partial charge in [0.2, 0.25) is 0 Å². The number of carbonyl (C=O) groups excluding carboxylic acids is 2. The first-order valence-corrected chi connectivity index (χ1v) is 6.12. The molecule has 0 saturated carbocycles. The number of allylic oxidation sites excluding steroid dienone is 1. The predicted octanol–water partition coefficient (Wildman–Crippen LogP) is 2.62. The lowest BCUT2D eigenvalue weighted by Crippen LogP contribution is -2.11. The van der Waals surface area contributed by atoms with E-state index in [4.69, 9.17) is 9.47 Å². The fourth-order valence-electron chi connectivity index (χ4n) is 1.09. The van der Waals surface area contributed by atoms with E-state index < -0.39 is 0 Å². The van der Waals surface area contributed by atoms with E-state index in [1.165, 1.54) is 0 Å². The van der Waals surface area contributed by atoms with Crippen LogP contribution in [0, 0.1) is 0 Å². The van der Waals surface area contributed by atoms with Gasteiger partial charge in [-0.05, 0) is 19.3 Å². The Labute approximate surface area is 103 Å². The first kappa shape index (κ1) is 15.7. The minimum atomic E-state index is -0.346. The largest absolute Gasteiger partial charge is 0.466 e. The molecule has 4 nitrogen and oxygen atoms in total. The molecule has 0 amide bonds. The Morgan fingerprint density at radius 1 is 1.06 bits per heavy atom. The number of esters is 2. The number of ether oxygens (including phenoxy) is 2. The molecule has 4 heteroatoms. The fraction of sp³-hybridized carbons (Fsp3) is 0.692. The average Bonchev–Trinajstić information content (AvgIpc) is 2.32. The quantitative estimate of drug-likeness (QED) is 0.336. The lowest BCUT2D eigenvalue weighted by Gasteiger charge is -2.04. The van der Waals surface area contributed by atoms with Crippen LogP contribution < -0.4 is 0 Å². The third kappa shape index (κ3) is 11.0. The summed E-state index contributed by atoms with van der Waals surface area (Å²) < 4.78 is 9.84. The molecule has 0 aromatic carbocycles. The summed E-state index contributed by atoms with van der Waals surface area (Å²) in [6.45, 7) is 6.41. The molecule has 0 saturated heterocycles. The van der Waals surface area contributed by atoms with Gasteiger partial charge in [-0.3, -0.25) is 9.59 Å². The zero-order valence-electron chi connectivity index (χ0n) is 10.6. The second-order valence-corrected chi connectivity index (χ2v) is 3.73. The zero-order chi connectivity index (χ0) is 12.9. The van der Waals surface area contributed by atoms with E-state index >= 15 is 0 Å². The molecule has 0 radical (unpaired) electrons. The predicted molar refractivity (Wildman–Crippen MR) is 65.5 cm³/mol. The molecule has 0 rings (SSSR count). The Morgan fingerprint density at radius 3 is 2.06 bits per heavy atom. The second kappa shape index (κ2) is 11.2. The molecule has 0 spiro atoms. The Balaban J connectivity index is 3.42. The Bertz CT molecular complexity index is 236. The van der Waals surface area contributed by atoms with Crippen LogP contribution in [0.1, 0.15) is 45.4 Å². The summed E-state index contributed by atoms with van der Waals surface area (Å²) in [6.07, 6.45) is 5.42. The van der Waals surface area contributed by atoms with Crippen molar-refractivity contribution in [1.29, 1.82) is 0 Å². The first-order chi connectivity index (χ1) is 8.20. The van der Waals surface area contributed by atoms with Crippen molar-refractivity contribution >= 4 is 11.9 Å². The highest BCUT2D eigenvalue weighted by Crippen LogP contribution is 1.99. The lowest BCUT2D eigenvalue weighted by molar-refractivity contribution is -0.150. The minimum absolute atomic E-state index is 0.0963. The van der Waals surface area contributed by atoms with Crippen LogP contribution in [0.3, 0.4) is 0 Å². The van der Waals surface area contributed by atoms with Gasteiger partial charge in [0.1, 0.15) is 0 Å². The molecule has 0 fully saturated rings. The van der Waals surface area contributed by atoms with Gasteiger partial charge in [0.05, 0.1) is 26.1 Å². The van der Waals surface area contributed by atoms with E-state index in [2.05, 4.69) is 6.58 Å². The van der Waals surface area contributed by atoms with E-state index in [9.17, 15) is 9.59 Å². The summed E-state index contributed by atoms with van der Waals surface area (Å²) in [5.41, 5.74) is 0. The third-order valence-electron chi connectivity index (χ3n) is 2.11. The summed E-state index contributed by atoms with van der Waals surface area (Å²) in [6, 6.07) is 0. The van der Waals surface area contributed by atoms with Crippen molar-refractivity contribution in [1.82, 2.24) is 0 Å². The molecule has 0 unspecified atom stereocenters. The number of rotatable bonds is 10. The van der Waals surface area contributed by atoms with Crippen molar-refractivity contribution in [2.45, 2.75) is 45.4 Å². The van der Waals surface area contributed by atoms with Gasteiger partial charge < -0.3 is 9.47 Å². The van der Waals surface area contributed by atoms with Crippen LogP contribution in [0.15, 0.2) is 12.7 Å². The zero-order valence-corrected chi connectivity index (χ0v) is 10.6. The minimum Gasteiger partial charge on any atom is -0.466 e. The maximum absolute atomic E-state index is 11.2. The molecule has 0 bridgehead atoms. The Kier molecular flexibility index (Phi) is 10.3. The van der Waals surface area contributed by atoms with Gasteiger partial charge >= 0.3 is 11.9 Å². The van der Waals surface area contributed by atoms with E-state index in [-0.39, 0.29) is 24.8 Å². The van der Waals surface area contributed by atoms with E-state index in [0.717, 1.165) is 25.7 Å². The molecule has 0 aliphatic rings. The molecule has 0 aliphatic carbocycles. The lowest BCUT2D eigenvalue weighted by atomic mass is 10.3. The SMILES string of the molecule is C=CCCCOC(=O)CCC(=O)OCCCC. The summed E-state index contributed by atoms with van der Waals surface area (Å²) >= 11 is 0. The second-order valence-electron chi connectivity index (χ2n) is 3.73. The maximum atomic E-state index is 11.2. The average molecular weight is 242 g/mol. The van der Waals surface area contributed by atoms with E-state index in [0.29, 0.717) is 13.2 Å². The highest BCUT2D eigenvalue weighted by molar-refractivity contribution is 5.77. The molecule has 0 aromatic rings. The summed E-state index contributed by atoms with van der Waals surface area (Å²) in [7, 11) is 0. The van der Waals surface area contributed by atoms with Crippen LogP contribution in [-0.2, 0) is 19.1 Å². The molecular formula is C13H22O4. The molecule has 98 valence electrons. The van der Waals surface area contributed by atoms with E-state index in [1.54, 1.807) is 6.08 Å². The number of hydrogen-bond acceptors (Lipinski definition) is 4. The van der Waals surface area contributed by atoms with Crippen molar-refractivity contribution in [3.63, 3.8) is 0 Å². The molecule has 0 heterocycles. The molecule has 0 N–H and O–H groups in total. The molecule has 0 aromatic heterocycles. The standard InChI is InChI=1S/C13H22O4/c1-3-5-7-11-17-13(15)9-8-12(14)16-10-6-4-2/h3H,1,4-11H2,2H3. The molecule has 17 heavy (non-hydrogen) atoms. The number of unbranched alkanes of at least 4 members (excludes halogenated alkanes) is 2. The highest BCUT2D eigenvalue weighted by atomic mass is 16.5. The van der Waals surface area contributed by atoms with E-state index in [1.807, 2.05) is 6.92 Å². The van der Waals surface area contributed by atoms with Crippen molar-refractivity contribution in [2.24, 2.45) is 0 Å². The molecule has 0 atom stereocenters. The van der Waals surface area contributed by atoms with Crippen molar-refractivity contribution in [2.75, 3.05) is 13.2 Å². The third-order valence-corrected chi connectivity index (χ3v) is 2.11. The fourth-order valence-corrected chi connectivity index (χ4v) is 1.09. The first-order valence-electron chi connectivity index (χ1n) is 6.12. The van der Waals surface area contributed by atoms with Gasteiger partial charge in [0, 0.05) is 0 Å². The van der Waals surface area contributed by atoms with Gasteiger partial charge in [-0.25, -0.2) is 0 Å². The highest BCUT2D eigenvalue weighted by Gasteiger charge is 2.08. The Hall–Kier alpha value is -1.32. The summed E-state index contributed by atoms with van der Waals surface area (Å²) in [4.78, 5) is 22.3. The summed E-state index contributed by atoms with van der Waals surface area (Å²) in [5.74, 6) is -0.678. The van der Waals surface area contributed by atoms with Crippen LogP contribution in [0.4, 0.5) is 0 Å². The van der Waals surface area contributed by atoms with Gasteiger partial charge in [0.15, 0.2) is 0 Å². The summed E-state index contributed by atoms with van der Waals surface area (Å²) in [5, 5.41) is 0. The molecular weight excluding hydrogens is 220 g/mol. The van der Waals surface area contributed by atoms with Crippen molar-refractivity contribution in [3.8, 4) is 0 Å². The molecule has 0 aliphatic heterocycles. The van der Waals surface area contributed by atoms with Crippen LogP contribution in [0.25, 0.3) is 0 Å². The van der Waals surface area contributed by atoms with Gasteiger partial charge in [-0.1, -0.05) is 19.4 Å². The van der Waals surface area contributed by atoms with Crippen molar-refractivity contribution < 1.29 is 19.1 Å². The topological polar surface area (TPSA) is 52.6 Å². The van der Waals surface area contributed by atoms with Crippen LogP contribution in [0.5, 0.6) is 0 Å². The van der Waals surface area contributed by atoms with Crippen molar-refractivity contribution in [3.05, 3.63) is 12.7 Å². The normalized spacial score (nSPS) is 9.71. The number of carbonyl (C=O) groups is 2.